The van der Waals surface area contributed by atoms with Gasteiger partial charge >= 0.3 is 0 Å². The lowest BCUT2D eigenvalue weighted by Gasteiger charge is -2.32. The van der Waals surface area contributed by atoms with Crippen molar-refractivity contribution in [1.82, 2.24) is 10.2 Å². The van der Waals surface area contributed by atoms with E-state index in [2.05, 4.69) is 12.2 Å². The molecule has 0 radical (unpaired) electrons. The SMILES string of the molecule is CC1CCNC(C(=O)N(CCO)C2CC2)C1. The molecule has 1 amide bonds. The van der Waals surface area contributed by atoms with E-state index in [1.54, 1.807) is 0 Å². The van der Waals surface area contributed by atoms with Crippen molar-refractivity contribution in [3.63, 3.8) is 0 Å². The second kappa shape index (κ2) is 5.15. The molecule has 2 unspecified atom stereocenters. The highest BCUT2D eigenvalue weighted by Crippen LogP contribution is 2.28. The first-order valence-corrected chi connectivity index (χ1v) is 6.37. The summed E-state index contributed by atoms with van der Waals surface area (Å²) in [7, 11) is 0. The van der Waals surface area contributed by atoms with Gasteiger partial charge in [-0.25, -0.2) is 0 Å². The van der Waals surface area contributed by atoms with Gasteiger partial charge in [-0.15, -0.1) is 0 Å². The molecule has 1 saturated heterocycles. The van der Waals surface area contributed by atoms with Crippen LogP contribution in [0, 0.1) is 5.92 Å². The third-order valence-corrected chi connectivity index (χ3v) is 3.58. The molecule has 0 bridgehead atoms. The fourth-order valence-electron chi connectivity index (χ4n) is 2.46. The summed E-state index contributed by atoms with van der Waals surface area (Å²) >= 11 is 0. The third-order valence-electron chi connectivity index (χ3n) is 3.58. The second-order valence-electron chi connectivity index (χ2n) is 5.12. The Bertz CT molecular complexity index is 253. The van der Waals surface area contributed by atoms with Crippen LogP contribution in [-0.2, 0) is 4.79 Å². The van der Waals surface area contributed by atoms with Crippen molar-refractivity contribution in [2.45, 2.75) is 44.7 Å². The number of amides is 1. The van der Waals surface area contributed by atoms with Crippen molar-refractivity contribution in [1.29, 1.82) is 0 Å². The minimum Gasteiger partial charge on any atom is -0.395 e. The maximum atomic E-state index is 12.3. The van der Waals surface area contributed by atoms with Crippen LogP contribution in [0.1, 0.15) is 32.6 Å². The first-order valence-electron chi connectivity index (χ1n) is 6.37. The van der Waals surface area contributed by atoms with Gasteiger partial charge in [-0.2, -0.15) is 0 Å². The molecule has 1 saturated carbocycles. The lowest BCUT2D eigenvalue weighted by molar-refractivity contribution is -0.135. The van der Waals surface area contributed by atoms with E-state index in [9.17, 15) is 4.79 Å². The second-order valence-corrected chi connectivity index (χ2v) is 5.12. The third kappa shape index (κ3) is 2.74. The van der Waals surface area contributed by atoms with Crippen molar-refractivity contribution >= 4 is 5.91 Å². The Hall–Kier alpha value is -0.610. The molecule has 2 N–H and O–H groups in total. The number of hydrogen-bond acceptors (Lipinski definition) is 3. The van der Waals surface area contributed by atoms with Crippen LogP contribution >= 0.6 is 0 Å². The van der Waals surface area contributed by atoms with Crippen molar-refractivity contribution in [3.05, 3.63) is 0 Å². The van der Waals surface area contributed by atoms with Gasteiger partial charge in [0.05, 0.1) is 12.6 Å². The fourth-order valence-corrected chi connectivity index (χ4v) is 2.46. The molecule has 16 heavy (non-hydrogen) atoms. The molecular formula is C12H22N2O2. The van der Waals surface area contributed by atoms with Gasteiger partial charge in [0.2, 0.25) is 5.91 Å². The quantitative estimate of drug-likeness (QED) is 0.727. The Morgan fingerprint density at radius 1 is 1.44 bits per heavy atom. The topological polar surface area (TPSA) is 52.6 Å². The standard InChI is InChI=1S/C12H22N2O2/c1-9-4-5-13-11(8-9)12(16)14(6-7-15)10-2-3-10/h9-11,13,15H,2-8H2,1H3. The number of piperidine rings is 1. The van der Waals surface area contributed by atoms with E-state index in [1.807, 2.05) is 4.90 Å². The van der Waals surface area contributed by atoms with Gasteiger partial charge in [0.25, 0.3) is 0 Å². The zero-order chi connectivity index (χ0) is 11.5. The highest BCUT2D eigenvalue weighted by molar-refractivity contribution is 5.82. The van der Waals surface area contributed by atoms with Crippen LogP contribution < -0.4 is 5.32 Å². The van der Waals surface area contributed by atoms with Crippen LogP contribution in [0.2, 0.25) is 0 Å². The summed E-state index contributed by atoms with van der Waals surface area (Å²) in [5.74, 6) is 0.827. The minimum absolute atomic E-state index is 0.0177. The zero-order valence-electron chi connectivity index (χ0n) is 9.98. The molecule has 0 spiro atoms. The lowest BCUT2D eigenvalue weighted by Crippen LogP contribution is -2.51. The van der Waals surface area contributed by atoms with E-state index in [0.717, 1.165) is 32.2 Å². The molecule has 1 aliphatic heterocycles. The normalized spacial score (nSPS) is 30.1. The van der Waals surface area contributed by atoms with E-state index >= 15 is 0 Å². The number of carbonyl (C=O) groups excluding carboxylic acids is 1. The Labute approximate surface area is 97.0 Å². The monoisotopic (exact) mass is 226 g/mol. The van der Waals surface area contributed by atoms with Gasteiger partial charge in [-0.05, 0) is 38.1 Å². The minimum atomic E-state index is -0.0177. The van der Waals surface area contributed by atoms with Crippen LogP contribution in [0.3, 0.4) is 0 Å². The maximum absolute atomic E-state index is 12.3. The van der Waals surface area contributed by atoms with Gasteiger partial charge in [0, 0.05) is 12.6 Å². The average molecular weight is 226 g/mol. The predicted molar refractivity (Wildman–Crippen MR) is 62.0 cm³/mol. The summed E-state index contributed by atoms with van der Waals surface area (Å²) in [6.45, 7) is 3.71. The molecule has 4 heteroatoms. The number of aliphatic hydroxyl groups excluding tert-OH is 1. The Morgan fingerprint density at radius 2 is 2.19 bits per heavy atom. The van der Waals surface area contributed by atoms with Crippen molar-refractivity contribution in [2.75, 3.05) is 19.7 Å². The van der Waals surface area contributed by atoms with Crippen molar-refractivity contribution < 1.29 is 9.90 Å². The van der Waals surface area contributed by atoms with E-state index in [1.165, 1.54) is 0 Å². The molecule has 0 aromatic carbocycles. The number of hydrogen-bond donors (Lipinski definition) is 2. The molecular weight excluding hydrogens is 204 g/mol. The van der Waals surface area contributed by atoms with E-state index in [0.29, 0.717) is 18.5 Å². The van der Waals surface area contributed by atoms with Gasteiger partial charge in [0.1, 0.15) is 0 Å². The lowest BCUT2D eigenvalue weighted by atomic mass is 9.93. The van der Waals surface area contributed by atoms with Gasteiger partial charge in [-0.1, -0.05) is 6.92 Å². The molecule has 2 aliphatic rings. The first kappa shape index (κ1) is 11.9. The number of nitrogens with zero attached hydrogens (tertiary/aromatic N) is 1. The molecule has 4 nitrogen and oxygen atoms in total. The van der Waals surface area contributed by atoms with E-state index < -0.39 is 0 Å². The van der Waals surface area contributed by atoms with Crippen LogP contribution in [-0.4, -0.2) is 47.7 Å². The molecule has 92 valence electrons. The largest absolute Gasteiger partial charge is 0.395 e. The van der Waals surface area contributed by atoms with Gasteiger partial charge in [-0.3, -0.25) is 4.79 Å². The van der Waals surface area contributed by atoms with E-state index in [-0.39, 0.29) is 18.6 Å². The average Bonchev–Trinajstić information content (AvgIpc) is 3.09. The molecule has 1 heterocycles. The Morgan fingerprint density at radius 3 is 2.75 bits per heavy atom. The molecule has 2 atom stereocenters. The van der Waals surface area contributed by atoms with Crippen LogP contribution in [0.25, 0.3) is 0 Å². The maximum Gasteiger partial charge on any atom is 0.240 e. The Balaban J connectivity index is 1.92. The summed E-state index contributed by atoms with van der Waals surface area (Å²) in [6.07, 6.45) is 4.31. The van der Waals surface area contributed by atoms with Gasteiger partial charge in [0.15, 0.2) is 0 Å². The summed E-state index contributed by atoms with van der Waals surface area (Å²) in [5, 5.41) is 12.3. The number of aliphatic hydroxyl groups is 1. The summed E-state index contributed by atoms with van der Waals surface area (Å²) < 4.78 is 0. The first-order chi connectivity index (χ1) is 7.72. The summed E-state index contributed by atoms with van der Waals surface area (Å²) in [6, 6.07) is 0.384. The number of nitrogens with one attached hydrogen (secondary N) is 1. The Kier molecular flexibility index (Phi) is 3.82. The smallest absolute Gasteiger partial charge is 0.240 e. The van der Waals surface area contributed by atoms with Crippen molar-refractivity contribution in [2.24, 2.45) is 5.92 Å². The number of carbonyl (C=O) groups is 1. The van der Waals surface area contributed by atoms with Crippen LogP contribution in [0.4, 0.5) is 0 Å². The summed E-state index contributed by atoms with van der Waals surface area (Å²) in [5.41, 5.74) is 0. The van der Waals surface area contributed by atoms with Gasteiger partial charge < -0.3 is 15.3 Å². The van der Waals surface area contributed by atoms with Crippen LogP contribution in [0.15, 0.2) is 0 Å². The zero-order valence-corrected chi connectivity index (χ0v) is 9.98. The highest BCUT2D eigenvalue weighted by atomic mass is 16.3. The fraction of sp³-hybridized carbons (Fsp3) is 0.917. The molecule has 2 rings (SSSR count). The summed E-state index contributed by atoms with van der Waals surface area (Å²) in [4.78, 5) is 14.1. The molecule has 1 aliphatic carbocycles. The van der Waals surface area contributed by atoms with E-state index in [4.69, 9.17) is 5.11 Å². The molecule has 0 aromatic heterocycles. The highest BCUT2D eigenvalue weighted by Gasteiger charge is 2.36. The predicted octanol–water partition coefficient (Wildman–Crippen LogP) is 0.358. The molecule has 0 aromatic rings. The van der Waals surface area contributed by atoms with Crippen LogP contribution in [0.5, 0.6) is 0 Å². The molecule has 2 fully saturated rings. The van der Waals surface area contributed by atoms with Crippen molar-refractivity contribution in [3.8, 4) is 0 Å². The number of rotatable bonds is 4.